The average molecular weight is 324 g/mol. The van der Waals surface area contributed by atoms with E-state index >= 15 is 0 Å². The Hall–Kier alpha value is -1.10. The van der Waals surface area contributed by atoms with Crippen LogP contribution in [0, 0.1) is 0 Å². The number of rotatable bonds is 3. The molecule has 0 bridgehead atoms. The first kappa shape index (κ1) is 14.3. The van der Waals surface area contributed by atoms with Crippen molar-refractivity contribution < 1.29 is 19.0 Å². The molecule has 0 atom stereocenters. The van der Waals surface area contributed by atoms with Gasteiger partial charge in [0.2, 0.25) is 6.79 Å². The summed E-state index contributed by atoms with van der Waals surface area (Å²) in [5.41, 5.74) is 0.884. The largest absolute Gasteiger partial charge is 0.458 e. The number of hydrogen-bond donors (Lipinski definition) is 0. The van der Waals surface area contributed by atoms with E-state index in [0.29, 0.717) is 11.5 Å². The van der Waals surface area contributed by atoms with Gasteiger partial charge in [-0.15, -0.1) is 0 Å². The quantitative estimate of drug-likeness (QED) is 0.632. The van der Waals surface area contributed by atoms with E-state index in [1.165, 1.54) is 0 Å². The highest BCUT2D eigenvalue weighted by atomic mass is 35.6. The third-order valence-electron chi connectivity index (χ3n) is 2.25. The topological polar surface area (TPSA) is 44.8 Å². The van der Waals surface area contributed by atoms with Crippen LogP contribution in [-0.4, -0.2) is 23.2 Å². The van der Waals surface area contributed by atoms with Gasteiger partial charge in [-0.25, -0.2) is 4.79 Å². The monoisotopic (exact) mass is 322 g/mol. The number of ether oxygens (including phenoxy) is 3. The molecule has 0 saturated carbocycles. The second-order valence-corrected chi connectivity index (χ2v) is 5.89. The molecular formula is C12H9Cl3O4. The normalized spacial score (nSPS) is 13.8. The Balaban J connectivity index is 1.88. The molecule has 1 aliphatic heterocycles. The molecule has 1 aromatic rings. The molecule has 1 aliphatic rings. The van der Waals surface area contributed by atoms with Crippen molar-refractivity contribution in [3.05, 3.63) is 29.8 Å². The molecule has 4 nitrogen and oxygen atoms in total. The van der Waals surface area contributed by atoms with E-state index in [4.69, 9.17) is 49.0 Å². The summed E-state index contributed by atoms with van der Waals surface area (Å²) in [7, 11) is 0. The molecule has 19 heavy (non-hydrogen) atoms. The van der Waals surface area contributed by atoms with Gasteiger partial charge in [-0.1, -0.05) is 46.9 Å². The lowest BCUT2D eigenvalue weighted by atomic mass is 10.2. The van der Waals surface area contributed by atoms with Crippen LogP contribution in [-0.2, 0) is 9.53 Å². The zero-order chi connectivity index (χ0) is 13.9. The zero-order valence-electron chi connectivity index (χ0n) is 9.57. The Morgan fingerprint density at radius 1 is 1.32 bits per heavy atom. The van der Waals surface area contributed by atoms with E-state index in [0.717, 1.165) is 5.56 Å². The molecule has 0 aromatic heterocycles. The number of fused-ring (bicyclic) bond motifs is 1. The molecule has 0 spiro atoms. The minimum absolute atomic E-state index is 0.0151. The lowest BCUT2D eigenvalue weighted by Crippen LogP contribution is -2.21. The van der Waals surface area contributed by atoms with E-state index in [2.05, 4.69) is 0 Å². The maximum Gasteiger partial charge on any atom is 0.358 e. The molecule has 0 radical (unpaired) electrons. The minimum Gasteiger partial charge on any atom is -0.458 e. The summed E-state index contributed by atoms with van der Waals surface area (Å²) < 4.78 is 13.1. The van der Waals surface area contributed by atoms with Gasteiger partial charge in [-0.2, -0.15) is 0 Å². The van der Waals surface area contributed by atoms with Crippen LogP contribution in [0.2, 0.25) is 0 Å². The summed E-state index contributed by atoms with van der Waals surface area (Å²) in [6.07, 6.45) is 3.39. The van der Waals surface area contributed by atoms with E-state index < -0.39 is 9.76 Å². The number of hydrogen-bond acceptors (Lipinski definition) is 4. The van der Waals surface area contributed by atoms with Gasteiger partial charge in [0.25, 0.3) is 3.79 Å². The van der Waals surface area contributed by atoms with Crippen molar-refractivity contribution in [2.75, 3.05) is 13.4 Å². The predicted molar refractivity (Wildman–Crippen MR) is 72.8 cm³/mol. The molecular weight excluding hydrogens is 314 g/mol. The first-order valence-electron chi connectivity index (χ1n) is 5.27. The fourth-order valence-electron chi connectivity index (χ4n) is 1.41. The van der Waals surface area contributed by atoms with Gasteiger partial charge in [-0.3, -0.25) is 0 Å². The predicted octanol–water partition coefficient (Wildman–Crippen LogP) is 3.34. The molecule has 7 heteroatoms. The van der Waals surface area contributed by atoms with Gasteiger partial charge in [0.05, 0.1) is 0 Å². The van der Waals surface area contributed by atoms with Crippen LogP contribution in [0.3, 0.4) is 0 Å². The molecule has 1 heterocycles. The fourth-order valence-corrected chi connectivity index (χ4v) is 1.57. The van der Waals surface area contributed by atoms with Crippen LogP contribution < -0.4 is 9.47 Å². The highest BCUT2D eigenvalue weighted by molar-refractivity contribution is 6.75. The molecule has 0 amide bonds. The number of carbonyl (C=O) groups is 1. The molecule has 0 saturated heterocycles. The van der Waals surface area contributed by atoms with E-state index in [-0.39, 0.29) is 13.4 Å². The minimum atomic E-state index is -2.05. The average Bonchev–Trinajstić information content (AvgIpc) is 2.80. The molecule has 0 aliphatic carbocycles. The second-order valence-electron chi connectivity index (χ2n) is 3.61. The Kier molecular flexibility index (Phi) is 4.45. The number of carbonyl (C=O) groups excluding carboxylic acids is 1. The highest BCUT2D eigenvalue weighted by Crippen LogP contribution is 2.32. The maximum atomic E-state index is 11.1. The van der Waals surface area contributed by atoms with Crippen molar-refractivity contribution in [3.63, 3.8) is 0 Å². The molecule has 102 valence electrons. The van der Waals surface area contributed by atoms with Gasteiger partial charge >= 0.3 is 5.97 Å². The van der Waals surface area contributed by atoms with Crippen molar-refractivity contribution >= 4 is 46.8 Å². The summed E-state index contributed by atoms with van der Waals surface area (Å²) in [5, 5.41) is 0. The zero-order valence-corrected chi connectivity index (χ0v) is 11.8. The lowest BCUT2D eigenvalue weighted by Gasteiger charge is -2.08. The highest BCUT2D eigenvalue weighted by Gasteiger charge is 2.32. The van der Waals surface area contributed by atoms with Gasteiger partial charge in [0.1, 0.15) is 6.61 Å². The smallest absolute Gasteiger partial charge is 0.358 e. The number of esters is 1. The Morgan fingerprint density at radius 3 is 2.79 bits per heavy atom. The van der Waals surface area contributed by atoms with Crippen LogP contribution in [0.1, 0.15) is 5.56 Å². The van der Waals surface area contributed by atoms with Crippen LogP contribution in [0.25, 0.3) is 6.08 Å². The summed E-state index contributed by atoms with van der Waals surface area (Å²) in [5.74, 6) is 0.480. The van der Waals surface area contributed by atoms with Crippen LogP contribution in [0.4, 0.5) is 0 Å². The van der Waals surface area contributed by atoms with E-state index in [9.17, 15) is 4.79 Å². The summed E-state index contributed by atoms with van der Waals surface area (Å²) in [6, 6.07) is 5.46. The third kappa shape index (κ3) is 3.93. The van der Waals surface area contributed by atoms with E-state index in [1.54, 1.807) is 18.2 Å². The van der Waals surface area contributed by atoms with Gasteiger partial charge in [0, 0.05) is 0 Å². The Bertz CT molecular complexity index is 508. The molecule has 0 unspecified atom stereocenters. The van der Waals surface area contributed by atoms with Crippen molar-refractivity contribution in [1.82, 2.24) is 0 Å². The van der Waals surface area contributed by atoms with Crippen LogP contribution in [0.15, 0.2) is 24.3 Å². The van der Waals surface area contributed by atoms with Crippen molar-refractivity contribution in [1.29, 1.82) is 0 Å². The van der Waals surface area contributed by atoms with Crippen molar-refractivity contribution in [2.45, 2.75) is 3.79 Å². The third-order valence-corrected chi connectivity index (χ3v) is 2.71. The number of halogens is 3. The van der Waals surface area contributed by atoms with Gasteiger partial charge in [-0.05, 0) is 23.8 Å². The summed E-state index contributed by atoms with van der Waals surface area (Å²) in [6.45, 7) is 0.241. The molecule has 0 N–H and O–H groups in total. The maximum absolute atomic E-state index is 11.1. The first-order chi connectivity index (χ1) is 8.97. The van der Waals surface area contributed by atoms with Crippen molar-refractivity contribution in [2.24, 2.45) is 0 Å². The Labute approximate surface area is 124 Å². The summed E-state index contributed by atoms with van der Waals surface area (Å²) >= 11 is 16.0. The second kappa shape index (κ2) is 5.90. The van der Waals surface area contributed by atoms with Gasteiger partial charge in [0.15, 0.2) is 11.5 Å². The molecule has 0 fully saturated rings. The fraction of sp³-hybridized carbons (Fsp3) is 0.250. The summed E-state index contributed by atoms with van der Waals surface area (Å²) in [4.78, 5) is 11.1. The van der Waals surface area contributed by atoms with Crippen LogP contribution in [0.5, 0.6) is 11.5 Å². The number of alkyl halides is 3. The number of benzene rings is 1. The molecule has 1 aromatic carbocycles. The standard InChI is InChI=1S/C12H9Cl3O4/c13-12(14,15)11(16)17-5-1-2-8-3-4-9-10(6-8)19-7-18-9/h1-4,6H,5,7H2/b2-1+. The first-order valence-corrected chi connectivity index (χ1v) is 6.40. The SMILES string of the molecule is O=C(OC/C=C/c1ccc2c(c1)OCO2)C(Cl)(Cl)Cl. The van der Waals surface area contributed by atoms with Crippen molar-refractivity contribution in [3.8, 4) is 11.5 Å². The molecule has 2 rings (SSSR count). The Morgan fingerprint density at radius 2 is 2.05 bits per heavy atom. The van der Waals surface area contributed by atoms with E-state index in [1.807, 2.05) is 12.1 Å². The van der Waals surface area contributed by atoms with Gasteiger partial charge < -0.3 is 14.2 Å². The lowest BCUT2D eigenvalue weighted by molar-refractivity contribution is -0.141. The van der Waals surface area contributed by atoms with Crippen LogP contribution >= 0.6 is 34.8 Å².